The number of amides is 2. The predicted molar refractivity (Wildman–Crippen MR) is 89.2 cm³/mol. The van der Waals surface area contributed by atoms with Crippen LogP contribution in [0.25, 0.3) is 0 Å². The Hall–Kier alpha value is -2.25. The van der Waals surface area contributed by atoms with Gasteiger partial charge in [-0.3, -0.25) is 4.79 Å². The molecule has 1 aromatic carbocycles. The van der Waals surface area contributed by atoms with E-state index in [0.717, 1.165) is 12.8 Å². The van der Waals surface area contributed by atoms with Crippen molar-refractivity contribution in [2.45, 2.75) is 57.6 Å². The monoisotopic (exact) mass is 372 g/mol. The molecule has 5 nitrogen and oxygen atoms in total. The van der Waals surface area contributed by atoms with Gasteiger partial charge >= 0.3 is 6.09 Å². The van der Waals surface area contributed by atoms with Gasteiger partial charge in [0.15, 0.2) is 17.5 Å². The number of carbonyl (C=O) groups excluding carboxylic acids is 2. The van der Waals surface area contributed by atoms with E-state index in [4.69, 9.17) is 4.74 Å². The fourth-order valence-electron chi connectivity index (χ4n) is 2.95. The highest BCUT2D eigenvalue weighted by molar-refractivity contribution is 5.94. The minimum atomic E-state index is -1.62. The van der Waals surface area contributed by atoms with E-state index in [1.165, 1.54) is 0 Å². The summed E-state index contributed by atoms with van der Waals surface area (Å²) in [5.41, 5.74) is -1.71. The third kappa shape index (κ3) is 5.12. The van der Waals surface area contributed by atoms with Crippen molar-refractivity contribution in [2.24, 2.45) is 0 Å². The minimum Gasteiger partial charge on any atom is -0.444 e. The van der Waals surface area contributed by atoms with Crippen LogP contribution >= 0.6 is 0 Å². The zero-order valence-electron chi connectivity index (χ0n) is 15.0. The zero-order chi connectivity index (χ0) is 19.5. The Morgan fingerprint density at radius 3 is 2.15 bits per heavy atom. The van der Waals surface area contributed by atoms with Crippen LogP contribution in [0, 0.1) is 17.5 Å². The van der Waals surface area contributed by atoms with Gasteiger partial charge in [-0.05, 0) is 45.7 Å². The molecule has 2 amide bonds. The van der Waals surface area contributed by atoms with Crippen molar-refractivity contribution < 1.29 is 27.5 Å². The van der Waals surface area contributed by atoms with E-state index in [-0.39, 0.29) is 12.1 Å². The highest BCUT2D eigenvalue weighted by atomic mass is 19.2. The standard InChI is InChI=1S/C18H23F3N2O3/c1-17(2,3)26-16(25)22-10-18(6-4-5-7-18)23-15(24)11-8-12(19)14(21)13(20)9-11/h8-9H,4-7,10H2,1-3H3,(H,22,25)(H,23,24). The maximum atomic E-state index is 13.4. The molecule has 2 rings (SSSR count). The third-order valence-corrected chi connectivity index (χ3v) is 4.16. The van der Waals surface area contributed by atoms with E-state index >= 15 is 0 Å². The number of nitrogens with one attached hydrogen (secondary N) is 2. The topological polar surface area (TPSA) is 67.4 Å². The van der Waals surface area contributed by atoms with E-state index in [1.54, 1.807) is 20.8 Å². The first-order valence-corrected chi connectivity index (χ1v) is 8.45. The van der Waals surface area contributed by atoms with Gasteiger partial charge in [0, 0.05) is 12.1 Å². The Labute approximate surface area is 150 Å². The lowest BCUT2D eigenvalue weighted by molar-refractivity contribution is 0.0505. The van der Waals surface area contributed by atoms with Crippen LogP contribution in [0.3, 0.4) is 0 Å². The van der Waals surface area contributed by atoms with E-state index in [9.17, 15) is 22.8 Å². The first-order chi connectivity index (χ1) is 12.0. The number of ether oxygens (including phenoxy) is 1. The Morgan fingerprint density at radius 1 is 1.12 bits per heavy atom. The number of alkyl carbamates (subject to hydrolysis) is 1. The Balaban J connectivity index is 2.07. The second-order valence-electron chi connectivity index (χ2n) is 7.55. The van der Waals surface area contributed by atoms with Crippen LogP contribution in [0.5, 0.6) is 0 Å². The summed E-state index contributed by atoms with van der Waals surface area (Å²) < 4.78 is 44.9. The number of halogens is 3. The fourth-order valence-corrected chi connectivity index (χ4v) is 2.95. The number of benzene rings is 1. The summed E-state index contributed by atoms with van der Waals surface area (Å²) in [4.78, 5) is 24.2. The third-order valence-electron chi connectivity index (χ3n) is 4.16. The Bertz CT molecular complexity index is 672. The van der Waals surface area contributed by atoms with E-state index in [0.29, 0.717) is 25.0 Å². The van der Waals surface area contributed by atoms with Crippen LogP contribution < -0.4 is 10.6 Å². The van der Waals surface area contributed by atoms with Crippen LogP contribution in [-0.2, 0) is 4.74 Å². The summed E-state index contributed by atoms with van der Waals surface area (Å²) in [6, 6.07) is 1.30. The highest BCUT2D eigenvalue weighted by Gasteiger charge is 2.36. The first-order valence-electron chi connectivity index (χ1n) is 8.45. The van der Waals surface area contributed by atoms with Gasteiger partial charge in [-0.15, -0.1) is 0 Å². The van der Waals surface area contributed by atoms with E-state index in [2.05, 4.69) is 10.6 Å². The highest BCUT2D eigenvalue weighted by Crippen LogP contribution is 2.30. The molecule has 0 atom stereocenters. The van der Waals surface area contributed by atoms with Crippen molar-refractivity contribution in [3.63, 3.8) is 0 Å². The average Bonchev–Trinajstić information content (AvgIpc) is 2.97. The van der Waals surface area contributed by atoms with Gasteiger partial charge in [0.25, 0.3) is 5.91 Å². The average molecular weight is 372 g/mol. The molecule has 0 aliphatic heterocycles. The molecular weight excluding hydrogens is 349 g/mol. The molecule has 2 N–H and O–H groups in total. The second kappa shape index (κ2) is 7.55. The Morgan fingerprint density at radius 2 is 1.65 bits per heavy atom. The van der Waals surface area contributed by atoms with Crippen LogP contribution in [-0.4, -0.2) is 29.7 Å². The number of rotatable bonds is 4. The summed E-state index contributed by atoms with van der Waals surface area (Å²) in [5.74, 6) is -5.20. The van der Waals surface area contributed by atoms with Gasteiger partial charge in [-0.2, -0.15) is 0 Å². The van der Waals surface area contributed by atoms with Crippen LogP contribution in [0.4, 0.5) is 18.0 Å². The minimum absolute atomic E-state index is 0.125. The first kappa shape index (κ1) is 20.1. The lowest BCUT2D eigenvalue weighted by Crippen LogP contribution is -2.54. The molecule has 1 aromatic rings. The summed E-state index contributed by atoms with van der Waals surface area (Å²) in [7, 11) is 0. The van der Waals surface area contributed by atoms with Crippen molar-refractivity contribution in [1.29, 1.82) is 0 Å². The van der Waals surface area contributed by atoms with Gasteiger partial charge in [0.2, 0.25) is 0 Å². The van der Waals surface area contributed by atoms with E-state index < -0.39 is 40.6 Å². The van der Waals surface area contributed by atoms with Gasteiger partial charge in [-0.25, -0.2) is 18.0 Å². The van der Waals surface area contributed by atoms with Gasteiger partial charge in [0.05, 0.1) is 5.54 Å². The molecule has 0 bridgehead atoms. The molecule has 0 heterocycles. The molecule has 1 aliphatic carbocycles. The fraction of sp³-hybridized carbons (Fsp3) is 0.556. The van der Waals surface area contributed by atoms with Crippen molar-refractivity contribution in [1.82, 2.24) is 10.6 Å². The molecule has 0 unspecified atom stereocenters. The van der Waals surface area contributed by atoms with Gasteiger partial charge < -0.3 is 15.4 Å². The number of hydrogen-bond donors (Lipinski definition) is 2. The Kier molecular flexibility index (Phi) is 5.83. The number of hydrogen-bond acceptors (Lipinski definition) is 3. The molecule has 1 aliphatic rings. The van der Waals surface area contributed by atoms with Gasteiger partial charge in [-0.1, -0.05) is 12.8 Å². The molecule has 0 spiro atoms. The number of carbonyl (C=O) groups is 2. The quantitative estimate of drug-likeness (QED) is 0.793. The van der Waals surface area contributed by atoms with Crippen molar-refractivity contribution in [3.8, 4) is 0 Å². The normalized spacial score (nSPS) is 16.2. The summed E-state index contributed by atoms with van der Waals surface area (Å²) in [6.45, 7) is 5.33. The smallest absolute Gasteiger partial charge is 0.407 e. The maximum Gasteiger partial charge on any atom is 0.407 e. The van der Waals surface area contributed by atoms with Gasteiger partial charge in [0.1, 0.15) is 5.60 Å². The zero-order valence-corrected chi connectivity index (χ0v) is 15.0. The largest absolute Gasteiger partial charge is 0.444 e. The van der Waals surface area contributed by atoms with Crippen molar-refractivity contribution in [3.05, 3.63) is 35.1 Å². The lowest BCUT2D eigenvalue weighted by atomic mass is 9.96. The van der Waals surface area contributed by atoms with Crippen LogP contribution in [0.2, 0.25) is 0 Å². The van der Waals surface area contributed by atoms with Crippen LogP contribution in [0.1, 0.15) is 56.8 Å². The second-order valence-corrected chi connectivity index (χ2v) is 7.55. The predicted octanol–water partition coefficient (Wildman–Crippen LogP) is 3.67. The summed E-state index contributed by atoms with van der Waals surface area (Å²) >= 11 is 0. The summed E-state index contributed by atoms with van der Waals surface area (Å²) in [6.07, 6.45) is 2.25. The molecule has 0 radical (unpaired) electrons. The molecule has 0 aromatic heterocycles. The molecule has 8 heteroatoms. The molecule has 0 saturated heterocycles. The maximum absolute atomic E-state index is 13.4. The summed E-state index contributed by atoms with van der Waals surface area (Å²) in [5, 5.41) is 5.36. The SMILES string of the molecule is CC(C)(C)OC(=O)NCC1(NC(=O)c2cc(F)c(F)c(F)c2)CCCC1. The van der Waals surface area contributed by atoms with Crippen molar-refractivity contribution in [2.75, 3.05) is 6.54 Å². The van der Waals surface area contributed by atoms with Crippen LogP contribution in [0.15, 0.2) is 12.1 Å². The molecule has 26 heavy (non-hydrogen) atoms. The van der Waals surface area contributed by atoms with Crippen molar-refractivity contribution >= 4 is 12.0 Å². The molecule has 144 valence electrons. The molecule has 1 saturated carbocycles. The molecule has 1 fully saturated rings. The lowest BCUT2D eigenvalue weighted by Gasteiger charge is -2.31. The molecular formula is C18H23F3N2O3. The van der Waals surface area contributed by atoms with E-state index in [1.807, 2.05) is 0 Å².